The van der Waals surface area contributed by atoms with Gasteiger partial charge in [0.05, 0.1) is 5.75 Å². The molecule has 4 nitrogen and oxygen atoms in total. The molecule has 6 heteroatoms. The molecule has 2 amide bonds. The molecule has 0 saturated heterocycles. The monoisotopic (exact) mass is 432 g/mol. The van der Waals surface area contributed by atoms with Gasteiger partial charge in [0.15, 0.2) is 0 Å². The summed E-state index contributed by atoms with van der Waals surface area (Å²) >= 11 is 7.67. The minimum absolute atomic E-state index is 0.0530. The van der Waals surface area contributed by atoms with E-state index in [0.29, 0.717) is 23.9 Å². The van der Waals surface area contributed by atoms with Gasteiger partial charge in [-0.25, -0.2) is 0 Å². The molecule has 0 radical (unpaired) electrons. The van der Waals surface area contributed by atoms with Crippen LogP contribution in [0, 0.1) is 6.92 Å². The summed E-state index contributed by atoms with van der Waals surface area (Å²) < 4.78 is 0. The first-order valence-electron chi connectivity index (χ1n) is 9.86. The van der Waals surface area contributed by atoms with Gasteiger partial charge in [-0.3, -0.25) is 9.59 Å². The summed E-state index contributed by atoms with van der Waals surface area (Å²) in [6, 6.07) is 15.0. The Bertz CT molecular complexity index is 828. The first-order chi connectivity index (χ1) is 13.9. The summed E-state index contributed by atoms with van der Waals surface area (Å²) in [4.78, 5) is 27.2. The van der Waals surface area contributed by atoms with E-state index >= 15 is 0 Å². The summed E-state index contributed by atoms with van der Waals surface area (Å²) in [5.74, 6) is 0.897. The average Bonchev–Trinajstić information content (AvgIpc) is 2.71. The highest BCUT2D eigenvalue weighted by atomic mass is 35.5. The number of thioether (sulfide) groups is 1. The highest BCUT2D eigenvalue weighted by Crippen LogP contribution is 2.19. The maximum Gasteiger partial charge on any atom is 0.242 e. The molecule has 2 aromatic carbocycles. The maximum absolute atomic E-state index is 13.0. The fourth-order valence-corrected chi connectivity index (χ4v) is 4.11. The Kier molecular flexibility index (Phi) is 9.55. The Morgan fingerprint density at radius 1 is 1.17 bits per heavy atom. The molecule has 0 bridgehead atoms. The van der Waals surface area contributed by atoms with Crippen LogP contribution < -0.4 is 5.32 Å². The van der Waals surface area contributed by atoms with E-state index in [1.807, 2.05) is 37.3 Å². The standard InChI is InChI=1S/C23H29ClN2O2S/c1-4-12-25-23(28)18(3)26(14-19-9-7-11-21(24)13-19)22(27)16-29-15-20-10-6-5-8-17(20)2/h5-11,13,18H,4,12,14-16H2,1-3H3,(H,25,28). The number of halogens is 1. The van der Waals surface area contributed by atoms with E-state index in [1.54, 1.807) is 29.7 Å². The third-order valence-corrected chi connectivity index (χ3v) is 5.90. The van der Waals surface area contributed by atoms with E-state index in [4.69, 9.17) is 11.6 Å². The van der Waals surface area contributed by atoms with Crippen molar-refractivity contribution in [3.8, 4) is 0 Å². The number of nitrogens with zero attached hydrogens (tertiary/aromatic N) is 1. The quantitative estimate of drug-likeness (QED) is 0.585. The average molecular weight is 433 g/mol. The zero-order valence-electron chi connectivity index (χ0n) is 17.3. The zero-order chi connectivity index (χ0) is 21.2. The van der Waals surface area contributed by atoms with Gasteiger partial charge in [-0.2, -0.15) is 0 Å². The first-order valence-corrected chi connectivity index (χ1v) is 11.4. The van der Waals surface area contributed by atoms with Crippen LogP contribution in [0.5, 0.6) is 0 Å². The third kappa shape index (κ3) is 7.41. The Morgan fingerprint density at radius 2 is 1.93 bits per heavy atom. The topological polar surface area (TPSA) is 49.4 Å². The molecule has 0 aliphatic rings. The molecule has 156 valence electrons. The van der Waals surface area contributed by atoms with E-state index in [-0.39, 0.29) is 11.8 Å². The van der Waals surface area contributed by atoms with Crippen LogP contribution in [0.1, 0.15) is 37.0 Å². The van der Waals surface area contributed by atoms with Crippen molar-refractivity contribution in [2.24, 2.45) is 0 Å². The fourth-order valence-electron chi connectivity index (χ4n) is 2.91. The Hall–Kier alpha value is -1.98. The Morgan fingerprint density at radius 3 is 2.62 bits per heavy atom. The number of aryl methyl sites for hydroxylation is 1. The molecule has 0 aliphatic carbocycles. The second-order valence-electron chi connectivity index (χ2n) is 7.04. The molecule has 0 fully saturated rings. The summed E-state index contributed by atoms with van der Waals surface area (Å²) in [6.45, 7) is 6.81. The predicted octanol–water partition coefficient (Wildman–Crippen LogP) is 4.83. The van der Waals surface area contributed by atoms with Crippen molar-refractivity contribution in [3.05, 3.63) is 70.2 Å². The summed E-state index contributed by atoms with van der Waals surface area (Å²) in [7, 11) is 0. The molecule has 0 saturated carbocycles. The van der Waals surface area contributed by atoms with Crippen molar-refractivity contribution in [1.29, 1.82) is 0 Å². The van der Waals surface area contributed by atoms with Gasteiger partial charge < -0.3 is 10.2 Å². The largest absolute Gasteiger partial charge is 0.354 e. The van der Waals surface area contributed by atoms with E-state index < -0.39 is 6.04 Å². The molecule has 2 aromatic rings. The third-order valence-electron chi connectivity index (χ3n) is 4.70. The van der Waals surface area contributed by atoms with Crippen molar-refractivity contribution in [3.63, 3.8) is 0 Å². The lowest BCUT2D eigenvalue weighted by molar-refractivity contribution is -0.138. The van der Waals surface area contributed by atoms with Crippen LogP contribution in [0.4, 0.5) is 0 Å². The first kappa shape index (κ1) is 23.3. The highest BCUT2D eigenvalue weighted by Gasteiger charge is 2.25. The van der Waals surface area contributed by atoms with Crippen molar-refractivity contribution < 1.29 is 9.59 Å². The smallest absolute Gasteiger partial charge is 0.242 e. The van der Waals surface area contributed by atoms with Gasteiger partial charge >= 0.3 is 0 Å². The summed E-state index contributed by atoms with van der Waals surface area (Å²) in [5.41, 5.74) is 3.35. The van der Waals surface area contributed by atoms with E-state index in [0.717, 1.165) is 17.7 Å². The minimum Gasteiger partial charge on any atom is -0.354 e. The number of hydrogen-bond donors (Lipinski definition) is 1. The van der Waals surface area contributed by atoms with Crippen LogP contribution in [0.2, 0.25) is 5.02 Å². The van der Waals surface area contributed by atoms with Gasteiger partial charge in [0.1, 0.15) is 6.04 Å². The molecule has 1 unspecified atom stereocenters. The van der Waals surface area contributed by atoms with Crippen molar-refractivity contribution >= 4 is 35.2 Å². The van der Waals surface area contributed by atoms with Gasteiger partial charge in [0.2, 0.25) is 11.8 Å². The molecule has 1 N–H and O–H groups in total. The van der Waals surface area contributed by atoms with Crippen molar-refractivity contribution in [2.75, 3.05) is 12.3 Å². The molecular weight excluding hydrogens is 404 g/mol. The minimum atomic E-state index is -0.549. The second-order valence-corrected chi connectivity index (χ2v) is 8.46. The fraction of sp³-hybridized carbons (Fsp3) is 0.391. The molecule has 0 heterocycles. The molecule has 0 aromatic heterocycles. The van der Waals surface area contributed by atoms with Crippen LogP contribution in [0.15, 0.2) is 48.5 Å². The van der Waals surface area contributed by atoms with Gasteiger partial charge in [0.25, 0.3) is 0 Å². The number of carbonyl (C=O) groups excluding carboxylic acids is 2. The lowest BCUT2D eigenvalue weighted by Gasteiger charge is -2.29. The van der Waals surface area contributed by atoms with Gasteiger partial charge in [-0.1, -0.05) is 54.9 Å². The number of benzene rings is 2. The number of carbonyl (C=O) groups is 2. The highest BCUT2D eigenvalue weighted by molar-refractivity contribution is 7.99. The molecule has 0 spiro atoms. The molecule has 2 rings (SSSR count). The summed E-state index contributed by atoms with van der Waals surface area (Å²) in [6.07, 6.45) is 0.854. The summed E-state index contributed by atoms with van der Waals surface area (Å²) in [5, 5.41) is 3.51. The molecular formula is C23H29ClN2O2S. The van der Waals surface area contributed by atoms with Crippen molar-refractivity contribution in [1.82, 2.24) is 10.2 Å². The lowest BCUT2D eigenvalue weighted by atomic mass is 10.1. The second kappa shape index (κ2) is 11.9. The van der Waals surface area contributed by atoms with Gasteiger partial charge in [-0.15, -0.1) is 11.8 Å². The Labute approximate surface area is 183 Å². The van der Waals surface area contributed by atoms with Crippen LogP contribution >= 0.6 is 23.4 Å². The maximum atomic E-state index is 13.0. The SMILES string of the molecule is CCCNC(=O)C(C)N(Cc1cccc(Cl)c1)C(=O)CSCc1ccccc1C. The lowest BCUT2D eigenvalue weighted by Crippen LogP contribution is -2.48. The van der Waals surface area contributed by atoms with Crippen LogP contribution in [-0.2, 0) is 21.9 Å². The normalized spacial score (nSPS) is 11.7. The molecule has 29 heavy (non-hydrogen) atoms. The molecule has 0 aliphatic heterocycles. The van der Waals surface area contributed by atoms with E-state index in [1.165, 1.54) is 11.1 Å². The van der Waals surface area contributed by atoms with Crippen LogP contribution in [0.25, 0.3) is 0 Å². The number of rotatable bonds is 10. The van der Waals surface area contributed by atoms with E-state index in [2.05, 4.69) is 24.4 Å². The van der Waals surface area contributed by atoms with Crippen LogP contribution in [0.3, 0.4) is 0 Å². The number of hydrogen-bond acceptors (Lipinski definition) is 3. The van der Waals surface area contributed by atoms with Gasteiger partial charge in [-0.05, 0) is 49.1 Å². The number of nitrogens with one attached hydrogen (secondary N) is 1. The predicted molar refractivity (Wildman–Crippen MR) is 122 cm³/mol. The van der Waals surface area contributed by atoms with Crippen molar-refractivity contribution in [2.45, 2.75) is 45.5 Å². The van der Waals surface area contributed by atoms with Gasteiger partial charge in [0, 0.05) is 23.9 Å². The van der Waals surface area contributed by atoms with E-state index in [9.17, 15) is 9.59 Å². The Balaban J connectivity index is 2.07. The zero-order valence-corrected chi connectivity index (χ0v) is 18.9. The number of amides is 2. The van der Waals surface area contributed by atoms with Crippen LogP contribution in [-0.4, -0.2) is 35.1 Å². The molecule has 1 atom stereocenters.